The van der Waals surface area contributed by atoms with E-state index in [1.807, 2.05) is 36.4 Å². The van der Waals surface area contributed by atoms with Crippen molar-refractivity contribution < 1.29 is 18.3 Å². The second-order valence-electron chi connectivity index (χ2n) is 8.65. The molecule has 0 N–H and O–H groups in total. The Labute approximate surface area is 191 Å². The molecule has 0 amide bonds. The molecule has 0 saturated carbocycles. The maximum atomic E-state index is 6.76. The second-order valence-corrected chi connectivity index (χ2v) is 12.9. The van der Waals surface area contributed by atoms with Crippen molar-refractivity contribution in [1.29, 1.82) is 0 Å². The Kier molecular flexibility index (Phi) is 13.0. The first-order chi connectivity index (χ1) is 14.8. The molecular weight excluding hydrogens is 404 g/mol. The van der Waals surface area contributed by atoms with E-state index in [2.05, 4.69) is 47.8 Å². The van der Waals surface area contributed by atoms with E-state index in [-0.39, 0.29) is 12.2 Å². The third-order valence-electron chi connectivity index (χ3n) is 5.62. The fraction of sp³-hybridized carbons (Fsp3) is 0.615. The molecule has 0 radical (unpaired) electrons. The van der Waals surface area contributed by atoms with Gasteiger partial charge in [0, 0.05) is 6.61 Å². The summed E-state index contributed by atoms with van der Waals surface area (Å²) >= 11 is 0. The predicted molar refractivity (Wildman–Crippen MR) is 133 cm³/mol. The summed E-state index contributed by atoms with van der Waals surface area (Å²) in [7, 11) is -0.845. The Balaban J connectivity index is 2.73. The van der Waals surface area contributed by atoms with Crippen LogP contribution in [0.5, 0.6) is 5.75 Å². The number of ether oxygens (including phenoxy) is 2. The fourth-order valence-electron chi connectivity index (χ4n) is 3.68. The topological polar surface area (TPSA) is 36.9 Å². The standard InChI is InChI=1S/C26H44O4Si/c1-9-12-13-24(10-2)29-31(21(4)5,22(6)7)30-25(11-3)18-19-28-20-23-14-16-26(27-8)17-15-23/h10-11,14-17,21-22,24-25H,2-3,9,12-13,18-20H2,1,4-8H3/t24-,25+/m1/s1. The monoisotopic (exact) mass is 448 g/mol. The smallest absolute Gasteiger partial charge is 0.344 e. The van der Waals surface area contributed by atoms with Crippen LogP contribution in [0.25, 0.3) is 0 Å². The van der Waals surface area contributed by atoms with Gasteiger partial charge < -0.3 is 18.3 Å². The van der Waals surface area contributed by atoms with Crippen LogP contribution in [0, 0.1) is 0 Å². The van der Waals surface area contributed by atoms with Crippen LogP contribution in [-0.4, -0.2) is 34.5 Å². The molecule has 1 aromatic rings. The molecule has 0 aromatic heterocycles. The van der Waals surface area contributed by atoms with Crippen molar-refractivity contribution in [2.24, 2.45) is 0 Å². The molecule has 5 heteroatoms. The molecule has 176 valence electrons. The summed E-state index contributed by atoms with van der Waals surface area (Å²) in [5.41, 5.74) is 1.76. The van der Waals surface area contributed by atoms with Gasteiger partial charge in [-0.3, -0.25) is 0 Å². The molecular formula is C26H44O4Si. The molecule has 1 aromatic carbocycles. The minimum Gasteiger partial charge on any atom is -0.497 e. The molecule has 0 aliphatic rings. The summed E-state index contributed by atoms with van der Waals surface area (Å²) in [5, 5.41) is 0. The van der Waals surface area contributed by atoms with E-state index in [1.54, 1.807) is 7.11 Å². The van der Waals surface area contributed by atoms with E-state index < -0.39 is 8.56 Å². The van der Waals surface area contributed by atoms with Gasteiger partial charge in [0.25, 0.3) is 0 Å². The summed E-state index contributed by atoms with van der Waals surface area (Å²) in [6, 6.07) is 7.95. The van der Waals surface area contributed by atoms with Crippen molar-refractivity contribution in [3.05, 3.63) is 55.1 Å². The van der Waals surface area contributed by atoms with Crippen molar-refractivity contribution in [2.75, 3.05) is 13.7 Å². The largest absolute Gasteiger partial charge is 0.497 e. The van der Waals surface area contributed by atoms with E-state index in [4.69, 9.17) is 18.3 Å². The zero-order chi connectivity index (χ0) is 23.3. The van der Waals surface area contributed by atoms with Crippen molar-refractivity contribution >= 4 is 8.56 Å². The van der Waals surface area contributed by atoms with E-state index in [0.717, 1.165) is 37.0 Å². The lowest BCUT2D eigenvalue weighted by Gasteiger charge is -2.41. The molecule has 0 aliphatic carbocycles. The lowest BCUT2D eigenvalue weighted by Crippen LogP contribution is -2.52. The molecule has 0 aliphatic heterocycles. The van der Waals surface area contributed by atoms with Crippen molar-refractivity contribution in [3.8, 4) is 5.75 Å². The second kappa shape index (κ2) is 14.6. The van der Waals surface area contributed by atoms with Crippen LogP contribution in [0.2, 0.25) is 11.1 Å². The highest BCUT2D eigenvalue weighted by molar-refractivity contribution is 6.70. The molecule has 0 fully saturated rings. The summed E-state index contributed by atoms with van der Waals surface area (Å²) in [6.45, 7) is 20.3. The Bertz CT molecular complexity index is 619. The van der Waals surface area contributed by atoms with Gasteiger partial charge in [-0.15, -0.1) is 13.2 Å². The predicted octanol–water partition coefficient (Wildman–Crippen LogP) is 7.20. The molecule has 0 saturated heterocycles. The van der Waals surface area contributed by atoms with Crippen LogP contribution in [-0.2, 0) is 20.2 Å². The van der Waals surface area contributed by atoms with Gasteiger partial charge in [-0.1, -0.05) is 71.7 Å². The van der Waals surface area contributed by atoms with Gasteiger partial charge in [-0.2, -0.15) is 0 Å². The highest BCUT2D eigenvalue weighted by Gasteiger charge is 2.47. The maximum Gasteiger partial charge on any atom is 0.344 e. The van der Waals surface area contributed by atoms with Gasteiger partial charge in [-0.05, 0) is 41.6 Å². The first-order valence-corrected chi connectivity index (χ1v) is 13.6. The van der Waals surface area contributed by atoms with E-state index in [1.165, 1.54) is 0 Å². The maximum absolute atomic E-state index is 6.76. The van der Waals surface area contributed by atoms with Crippen LogP contribution < -0.4 is 4.74 Å². The number of rotatable bonds is 17. The van der Waals surface area contributed by atoms with Crippen LogP contribution in [0.1, 0.15) is 65.9 Å². The summed E-state index contributed by atoms with van der Waals surface area (Å²) in [6.07, 6.45) is 7.78. The molecule has 4 nitrogen and oxygen atoms in total. The number of unbranched alkanes of at least 4 members (excludes halogenated alkanes) is 1. The Morgan fingerprint density at radius 3 is 1.90 bits per heavy atom. The minimum atomic E-state index is -2.51. The Morgan fingerprint density at radius 2 is 1.45 bits per heavy atom. The van der Waals surface area contributed by atoms with Gasteiger partial charge in [-0.25, -0.2) is 0 Å². The van der Waals surface area contributed by atoms with Crippen LogP contribution in [0.15, 0.2) is 49.6 Å². The minimum absolute atomic E-state index is 0.0354. The Morgan fingerprint density at radius 1 is 0.903 bits per heavy atom. The highest BCUT2D eigenvalue weighted by atomic mass is 28.4. The summed E-state index contributed by atoms with van der Waals surface area (Å²) in [4.78, 5) is 0. The van der Waals surface area contributed by atoms with E-state index >= 15 is 0 Å². The zero-order valence-corrected chi connectivity index (χ0v) is 21.6. The molecule has 1 rings (SSSR count). The number of benzene rings is 1. The van der Waals surface area contributed by atoms with Crippen molar-refractivity contribution in [2.45, 2.75) is 90.2 Å². The zero-order valence-electron chi connectivity index (χ0n) is 20.6. The highest BCUT2D eigenvalue weighted by Crippen LogP contribution is 2.38. The SMILES string of the molecule is C=C[C@H](CCCC)O[Si](O[C@@H](C=C)CCOCc1ccc(OC)cc1)(C(C)C)C(C)C. The Hall–Kier alpha value is -1.40. The van der Waals surface area contributed by atoms with Gasteiger partial charge in [0.05, 0.1) is 25.9 Å². The average molecular weight is 449 g/mol. The normalized spacial score (nSPS) is 13.9. The van der Waals surface area contributed by atoms with Gasteiger partial charge >= 0.3 is 8.56 Å². The lowest BCUT2D eigenvalue weighted by molar-refractivity contribution is 0.0617. The first-order valence-electron chi connectivity index (χ1n) is 11.6. The van der Waals surface area contributed by atoms with Crippen LogP contribution >= 0.6 is 0 Å². The first kappa shape index (κ1) is 27.6. The molecule has 0 unspecified atom stereocenters. The van der Waals surface area contributed by atoms with Gasteiger partial charge in [0.1, 0.15) is 5.75 Å². The molecule has 0 bridgehead atoms. The average Bonchev–Trinajstić information content (AvgIpc) is 2.77. The summed E-state index contributed by atoms with van der Waals surface area (Å²) < 4.78 is 24.6. The molecule has 0 heterocycles. The van der Waals surface area contributed by atoms with Crippen LogP contribution in [0.4, 0.5) is 0 Å². The fourth-order valence-corrected chi connectivity index (χ4v) is 7.53. The van der Waals surface area contributed by atoms with Crippen LogP contribution in [0.3, 0.4) is 0 Å². The van der Waals surface area contributed by atoms with Gasteiger partial charge in [0.2, 0.25) is 0 Å². The molecule has 31 heavy (non-hydrogen) atoms. The third kappa shape index (κ3) is 8.93. The summed E-state index contributed by atoms with van der Waals surface area (Å²) in [5.74, 6) is 0.851. The van der Waals surface area contributed by atoms with E-state index in [9.17, 15) is 0 Å². The quantitative estimate of drug-likeness (QED) is 0.143. The third-order valence-corrected chi connectivity index (χ3v) is 10.2. The van der Waals surface area contributed by atoms with E-state index in [0.29, 0.717) is 24.3 Å². The molecule has 2 atom stereocenters. The number of hydrogen-bond donors (Lipinski definition) is 0. The lowest BCUT2D eigenvalue weighted by atomic mass is 10.2. The van der Waals surface area contributed by atoms with Crippen molar-refractivity contribution in [1.82, 2.24) is 0 Å². The number of methoxy groups -OCH3 is 1. The van der Waals surface area contributed by atoms with Crippen molar-refractivity contribution in [3.63, 3.8) is 0 Å². The van der Waals surface area contributed by atoms with Gasteiger partial charge in [0.15, 0.2) is 0 Å². The number of hydrogen-bond acceptors (Lipinski definition) is 4. The molecule has 0 spiro atoms.